The fourth-order valence-electron chi connectivity index (χ4n) is 3.80. The number of aliphatic hydroxyl groups excluding tert-OH is 1. The molecule has 1 aromatic carbocycles. The molecular weight excluding hydrogens is 478 g/mol. The van der Waals surface area contributed by atoms with Gasteiger partial charge in [-0.2, -0.15) is 5.10 Å². The molecule has 9 heteroatoms. The van der Waals surface area contributed by atoms with Gasteiger partial charge in [0.1, 0.15) is 0 Å². The summed E-state index contributed by atoms with van der Waals surface area (Å²) in [6.45, 7) is 1.42. The van der Waals surface area contributed by atoms with Gasteiger partial charge in [-0.25, -0.2) is 9.67 Å². The molecule has 3 aromatic heterocycles. The lowest BCUT2D eigenvalue weighted by molar-refractivity contribution is -0.114. The molecular formula is C22H18BrN5O2S. The average molecular weight is 496 g/mol. The number of benzene rings is 1. The number of carbonyl (C=O) groups excluding carboxylic acids is 1. The van der Waals surface area contributed by atoms with E-state index >= 15 is 0 Å². The zero-order valence-electron chi connectivity index (χ0n) is 16.6. The van der Waals surface area contributed by atoms with Crippen molar-refractivity contribution in [3.05, 3.63) is 64.0 Å². The van der Waals surface area contributed by atoms with Crippen LogP contribution in [0.4, 0.5) is 5.13 Å². The summed E-state index contributed by atoms with van der Waals surface area (Å²) >= 11 is 5.10. The third-order valence-electron chi connectivity index (χ3n) is 5.15. The first kappa shape index (κ1) is 20.0. The maximum Gasteiger partial charge on any atom is 0.223 e. The molecule has 2 N–H and O–H groups in total. The predicted molar refractivity (Wildman–Crippen MR) is 123 cm³/mol. The first-order chi connectivity index (χ1) is 15.0. The van der Waals surface area contributed by atoms with Gasteiger partial charge in [-0.05, 0) is 58.6 Å². The molecule has 1 aliphatic carbocycles. The third kappa shape index (κ3) is 3.58. The van der Waals surface area contributed by atoms with Crippen LogP contribution >= 0.6 is 27.3 Å². The molecule has 4 aromatic rings. The Kier molecular flexibility index (Phi) is 5.17. The van der Waals surface area contributed by atoms with E-state index in [-0.39, 0.29) is 12.5 Å². The van der Waals surface area contributed by atoms with E-state index in [4.69, 9.17) is 5.10 Å². The topological polar surface area (TPSA) is 92.9 Å². The Bertz CT molecular complexity index is 1300. The Morgan fingerprint density at radius 1 is 1.32 bits per heavy atom. The van der Waals surface area contributed by atoms with Gasteiger partial charge in [0.05, 0.1) is 34.3 Å². The van der Waals surface area contributed by atoms with Crippen molar-refractivity contribution in [1.29, 1.82) is 0 Å². The largest absolute Gasteiger partial charge is 0.392 e. The van der Waals surface area contributed by atoms with E-state index in [1.54, 1.807) is 6.20 Å². The van der Waals surface area contributed by atoms with E-state index in [1.807, 2.05) is 41.2 Å². The molecule has 0 saturated heterocycles. The standard InChI is InChI=1S/C22H18BrN5O2S/c1-12(30)25-22-26-17-7-5-15-19(14-3-2-8-24-10-14)27-28(20(15)21(17)31-22)18-9-13(11-29)4-6-16(18)23/h2-4,6,8-10,29H,5,7,11H2,1H3,(H,25,26,30). The Morgan fingerprint density at radius 3 is 2.94 bits per heavy atom. The van der Waals surface area contributed by atoms with E-state index in [0.29, 0.717) is 5.13 Å². The Balaban J connectivity index is 1.77. The highest BCUT2D eigenvalue weighted by molar-refractivity contribution is 9.10. The first-order valence-electron chi connectivity index (χ1n) is 9.74. The molecule has 0 unspecified atom stereocenters. The summed E-state index contributed by atoms with van der Waals surface area (Å²) in [5, 5.41) is 18.1. The second-order valence-corrected chi connectivity index (χ2v) is 9.10. The predicted octanol–water partition coefficient (Wildman–Crippen LogP) is 4.37. The Morgan fingerprint density at radius 2 is 2.19 bits per heavy atom. The van der Waals surface area contributed by atoms with E-state index in [9.17, 15) is 9.90 Å². The van der Waals surface area contributed by atoms with Gasteiger partial charge < -0.3 is 10.4 Å². The monoisotopic (exact) mass is 495 g/mol. The van der Waals surface area contributed by atoms with Crippen LogP contribution in [-0.2, 0) is 24.2 Å². The van der Waals surface area contributed by atoms with Crippen molar-refractivity contribution in [2.75, 3.05) is 5.32 Å². The number of aliphatic hydroxyl groups is 1. The van der Waals surface area contributed by atoms with Crippen LogP contribution < -0.4 is 5.32 Å². The van der Waals surface area contributed by atoms with Gasteiger partial charge in [0.25, 0.3) is 0 Å². The zero-order valence-corrected chi connectivity index (χ0v) is 19.0. The van der Waals surface area contributed by atoms with Crippen LogP contribution in [0.5, 0.6) is 0 Å². The van der Waals surface area contributed by atoms with Gasteiger partial charge in [-0.1, -0.05) is 17.4 Å². The van der Waals surface area contributed by atoms with Crippen LogP contribution in [0.1, 0.15) is 23.7 Å². The van der Waals surface area contributed by atoms with Crippen molar-refractivity contribution < 1.29 is 9.90 Å². The van der Waals surface area contributed by atoms with Crippen molar-refractivity contribution in [3.63, 3.8) is 0 Å². The van der Waals surface area contributed by atoms with E-state index in [1.165, 1.54) is 18.3 Å². The molecule has 31 heavy (non-hydrogen) atoms. The number of amides is 1. The van der Waals surface area contributed by atoms with E-state index in [0.717, 1.165) is 61.7 Å². The van der Waals surface area contributed by atoms with E-state index in [2.05, 4.69) is 31.2 Å². The molecule has 1 aliphatic rings. The number of hydrogen-bond donors (Lipinski definition) is 2. The number of thiazole rings is 1. The molecule has 5 rings (SSSR count). The normalized spacial score (nSPS) is 12.4. The highest BCUT2D eigenvalue weighted by atomic mass is 79.9. The molecule has 7 nitrogen and oxygen atoms in total. The van der Waals surface area contributed by atoms with Crippen molar-refractivity contribution in [1.82, 2.24) is 19.7 Å². The van der Waals surface area contributed by atoms with Crippen molar-refractivity contribution in [2.24, 2.45) is 0 Å². The van der Waals surface area contributed by atoms with Gasteiger partial charge in [0, 0.05) is 34.9 Å². The Hall–Kier alpha value is -2.88. The minimum absolute atomic E-state index is 0.0578. The zero-order chi connectivity index (χ0) is 21.5. The van der Waals surface area contributed by atoms with Crippen LogP contribution in [0.2, 0.25) is 0 Å². The molecule has 0 atom stereocenters. The average Bonchev–Trinajstić information content (AvgIpc) is 3.35. The van der Waals surface area contributed by atoms with Crippen molar-refractivity contribution in [2.45, 2.75) is 26.4 Å². The second kappa shape index (κ2) is 7.99. The van der Waals surface area contributed by atoms with E-state index < -0.39 is 0 Å². The molecule has 0 saturated carbocycles. The smallest absolute Gasteiger partial charge is 0.223 e. The molecule has 1 amide bonds. The third-order valence-corrected chi connectivity index (χ3v) is 6.84. The number of carbonyl (C=O) groups is 1. The Labute approximate surface area is 190 Å². The SMILES string of the molecule is CC(=O)Nc1nc2c(s1)-c1c(c(-c3cccnc3)nn1-c1cc(CO)ccc1Br)CC2. The summed E-state index contributed by atoms with van der Waals surface area (Å²) in [5.41, 5.74) is 6.50. The molecule has 156 valence electrons. The summed E-state index contributed by atoms with van der Waals surface area (Å²) in [5.74, 6) is -0.144. The molecule has 0 bridgehead atoms. The number of aromatic nitrogens is 4. The lowest BCUT2D eigenvalue weighted by Gasteiger charge is -2.15. The number of pyridine rings is 1. The minimum Gasteiger partial charge on any atom is -0.392 e. The molecule has 0 spiro atoms. The summed E-state index contributed by atoms with van der Waals surface area (Å²) in [4.78, 5) is 21.5. The fraction of sp³-hybridized carbons (Fsp3) is 0.182. The van der Waals surface area contributed by atoms with Crippen LogP contribution in [-0.4, -0.2) is 30.8 Å². The number of fused-ring (bicyclic) bond motifs is 3. The van der Waals surface area contributed by atoms with Gasteiger partial charge in [-0.15, -0.1) is 0 Å². The summed E-state index contributed by atoms with van der Waals surface area (Å²) in [6.07, 6.45) is 5.12. The van der Waals surface area contributed by atoms with Crippen molar-refractivity contribution in [3.8, 4) is 27.5 Å². The second-order valence-electron chi connectivity index (χ2n) is 7.25. The maximum atomic E-state index is 11.6. The number of nitrogens with zero attached hydrogens (tertiary/aromatic N) is 4. The minimum atomic E-state index is -0.144. The number of aryl methyl sites for hydroxylation is 1. The number of rotatable bonds is 4. The molecule has 0 aliphatic heterocycles. The molecule has 0 fully saturated rings. The highest BCUT2D eigenvalue weighted by Crippen LogP contribution is 2.44. The lowest BCUT2D eigenvalue weighted by Crippen LogP contribution is -2.07. The van der Waals surface area contributed by atoms with Gasteiger partial charge >= 0.3 is 0 Å². The van der Waals surface area contributed by atoms with Crippen LogP contribution in [0.25, 0.3) is 27.5 Å². The summed E-state index contributed by atoms with van der Waals surface area (Å²) in [7, 11) is 0. The van der Waals surface area contributed by atoms with Crippen LogP contribution in [0.15, 0.2) is 47.2 Å². The maximum absolute atomic E-state index is 11.6. The molecule has 3 heterocycles. The summed E-state index contributed by atoms with van der Waals surface area (Å²) < 4.78 is 2.78. The fourth-order valence-corrected chi connectivity index (χ4v) is 5.33. The van der Waals surface area contributed by atoms with Gasteiger partial charge in [0.15, 0.2) is 5.13 Å². The first-order valence-corrected chi connectivity index (χ1v) is 11.4. The quantitative estimate of drug-likeness (QED) is 0.438. The summed E-state index contributed by atoms with van der Waals surface area (Å²) in [6, 6.07) is 9.62. The number of hydrogen-bond acceptors (Lipinski definition) is 6. The van der Waals surface area contributed by atoms with Crippen LogP contribution in [0, 0.1) is 0 Å². The molecule has 0 radical (unpaired) electrons. The van der Waals surface area contributed by atoms with Crippen molar-refractivity contribution >= 4 is 38.3 Å². The number of halogens is 1. The number of nitrogens with one attached hydrogen (secondary N) is 1. The van der Waals surface area contributed by atoms with Crippen LogP contribution in [0.3, 0.4) is 0 Å². The lowest BCUT2D eigenvalue weighted by atomic mass is 9.95. The van der Waals surface area contributed by atoms with Gasteiger partial charge in [-0.3, -0.25) is 9.78 Å². The number of anilines is 1. The highest BCUT2D eigenvalue weighted by Gasteiger charge is 2.30. The van der Waals surface area contributed by atoms with Gasteiger partial charge in [0.2, 0.25) is 5.91 Å².